The van der Waals surface area contributed by atoms with Gasteiger partial charge < -0.3 is 4.43 Å². The molecule has 1 aromatic rings. The molecule has 6 heteroatoms. The topological polar surface area (TPSA) is 35.0 Å². The Bertz CT molecular complexity index is 405. The molecule has 0 N–H and O–H groups in total. The second-order valence-corrected chi connectivity index (χ2v) is 11.0. The van der Waals surface area contributed by atoms with Gasteiger partial charge in [0.15, 0.2) is 8.32 Å². The molecule has 0 amide bonds. The van der Waals surface area contributed by atoms with Crippen molar-refractivity contribution in [3.63, 3.8) is 0 Å². The molecule has 3 nitrogen and oxygen atoms in total. The second kappa shape index (κ2) is 5.22. The number of hydrogen-bond donors (Lipinski definition) is 0. The summed E-state index contributed by atoms with van der Waals surface area (Å²) in [4.78, 5) is 7.80. The van der Waals surface area contributed by atoms with E-state index in [-0.39, 0.29) is 10.3 Å². The zero-order valence-corrected chi connectivity index (χ0v) is 13.4. The van der Waals surface area contributed by atoms with Crippen LogP contribution in [-0.4, -0.2) is 18.3 Å². The molecule has 17 heavy (non-hydrogen) atoms. The van der Waals surface area contributed by atoms with E-state index in [2.05, 4.69) is 43.8 Å². The Morgan fingerprint density at radius 2 is 1.88 bits per heavy atom. The van der Waals surface area contributed by atoms with Crippen LogP contribution in [0.5, 0.6) is 0 Å². The number of halogens is 2. The van der Waals surface area contributed by atoms with Crippen molar-refractivity contribution in [1.29, 1.82) is 0 Å². The van der Waals surface area contributed by atoms with Crippen molar-refractivity contribution in [2.24, 2.45) is 0 Å². The summed E-state index contributed by atoms with van der Waals surface area (Å²) >= 11 is 11.6. The molecule has 0 unspecified atom stereocenters. The lowest BCUT2D eigenvalue weighted by Gasteiger charge is -2.36. The number of hydrogen-bond acceptors (Lipinski definition) is 3. The molecule has 0 aliphatic heterocycles. The lowest BCUT2D eigenvalue weighted by atomic mass is 10.2. The second-order valence-electron chi connectivity index (χ2n) is 5.50. The Hall–Kier alpha value is -0.163. The van der Waals surface area contributed by atoms with Gasteiger partial charge in [-0.25, -0.2) is 9.97 Å². The molecule has 1 heterocycles. The fourth-order valence-corrected chi connectivity index (χ4v) is 2.25. The van der Waals surface area contributed by atoms with Gasteiger partial charge in [-0.05, 0) is 29.7 Å². The predicted octanol–water partition coefficient (Wildman–Crippen LogP) is 4.31. The zero-order valence-electron chi connectivity index (χ0n) is 10.8. The molecular weight excluding hydrogens is 275 g/mol. The van der Waals surface area contributed by atoms with Crippen molar-refractivity contribution in [2.45, 2.75) is 45.5 Å². The molecule has 0 spiro atoms. The summed E-state index contributed by atoms with van der Waals surface area (Å²) in [6, 6.07) is 0. The van der Waals surface area contributed by atoms with Crippen LogP contribution in [0, 0.1) is 0 Å². The third-order valence-electron chi connectivity index (χ3n) is 3.18. The van der Waals surface area contributed by atoms with Gasteiger partial charge in [-0.15, -0.1) is 0 Å². The minimum Gasteiger partial charge on any atom is -0.412 e. The van der Waals surface area contributed by atoms with Crippen molar-refractivity contribution < 1.29 is 4.43 Å². The van der Waals surface area contributed by atoms with Gasteiger partial charge in [0.05, 0.1) is 6.61 Å². The Balaban J connectivity index is 2.74. The lowest BCUT2D eigenvalue weighted by molar-refractivity contribution is 0.275. The summed E-state index contributed by atoms with van der Waals surface area (Å²) in [5.41, 5.74) is 0.779. The minimum absolute atomic E-state index is 0.158. The summed E-state index contributed by atoms with van der Waals surface area (Å²) in [7, 11) is -1.77. The van der Waals surface area contributed by atoms with Crippen LogP contribution >= 0.6 is 23.2 Å². The third kappa shape index (κ3) is 3.91. The van der Waals surface area contributed by atoms with Gasteiger partial charge in [-0.1, -0.05) is 32.4 Å². The van der Waals surface area contributed by atoms with Crippen molar-refractivity contribution in [3.8, 4) is 0 Å². The Morgan fingerprint density at radius 1 is 1.29 bits per heavy atom. The van der Waals surface area contributed by atoms with E-state index in [9.17, 15) is 0 Å². The van der Waals surface area contributed by atoms with Crippen molar-refractivity contribution in [3.05, 3.63) is 22.2 Å². The van der Waals surface area contributed by atoms with Gasteiger partial charge in [0.1, 0.15) is 5.15 Å². The van der Waals surface area contributed by atoms with Gasteiger partial charge >= 0.3 is 0 Å². The highest BCUT2D eigenvalue weighted by Gasteiger charge is 2.37. The van der Waals surface area contributed by atoms with Gasteiger partial charge in [0.2, 0.25) is 5.28 Å². The number of nitrogens with zero attached hydrogens (tertiary/aromatic N) is 2. The highest BCUT2D eigenvalue weighted by Crippen LogP contribution is 2.37. The van der Waals surface area contributed by atoms with Gasteiger partial charge in [0, 0.05) is 11.8 Å². The van der Waals surface area contributed by atoms with Crippen LogP contribution in [0.2, 0.25) is 28.6 Å². The zero-order chi connectivity index (χ0) is 13.3. The van der Waals surface area contributed by atoms with E-state index in [1.165, 1.54) is 0 Å². The molecule has 1 aromatic heterocycles. The third-order valence-corrected chi connectivity index (χ3v) is 8.16. The van der Waals surface area contributed by atoms with Crippen LogP contribution in [0.3, 0.4) is 0 Å². The number of rotatable bonds is 3. The smallest absolute Gasteiger partial charge is 0.223 e. The molecule has 1 rings (SSSR count). The summed E-state index contributed by atoms with van der Waals surface area (Å²) < 4.78 is 6.03. The van der Waals surface area contributed by atoms with E-state index in [1.54, 1.807) is 6.20 Å². The van der Waals surface area contributed by atoms with Gasteiger partial charge in [-0.3, -0.25) is 0 Å². The fourth-order valence-electron chi connectivity index (χ4n) is 0.938. The Kier molecular flexibility index (Phi) is 4.58. The molecule has 0 radical (unpaired) electrons. The van der Waals surface area contributed by atoms with Crippen LogP contribution in [0.15, 0.2) is 6.20 Å². The fraction of sp³-hybridized carbons (Fsp3) is 0.636. The standard InChI is InChI=1S/C11H18Cl2N2OSi/c1-11(2,3)17(4,5)16-7-8-6-14-10(13)15-9(8)12/h6H,7H2,1-5H3. The van der Waals surface area contributed by atoms with Crippen molar-refractivity contribution in [1.82, 2.24) is 9.97 Å². The Labute approximate surface area is 114 Å². The van der Waals surface area contributed by atoms with E-state index in [0.717, 1.165) is 5.56 Å². The van der Waals surface area contributed by atoms with Crippen molar-refractivity contribution >= 4 is 31.5 Å². The van der Waals surface area contributed by atoms with Crippen LogP contribution in [-0.2, 0) is 11.0 Å². The molecule has 0 saturated carbocycles. The quantitative estimate of drug-likeness (QED) is 0.473. The molecule has 0 atom stereocenters. The van der Waals surface area contributed by atoms with Crippen LogP contribution in [0.4, 0.5) is 0 Å². The van der Waals surface area contributed by atoms with E-state index < -0.39 is 8.32 Å². The maximum atomic E-state index is 6.03. The maximum Gasteiger partial charge on any atom is 0.223 e. The summed E-state index contributed by atoms with van der Waals surface area (Å²) in [5.74, 6) is 0. The first-order valence-electron chi connectivity index (χ1n) is 5.44. The average Bonchev–Trinajstić information content (AvgIpc) is 2.14. The summed E-state index contributed by atoms with van der Waals surface area (Å²) in [5, 5.41) is 0.696. The monoisotopic (exact) mass is 292 g/mol. The largest absolute Gasteiger partial charge is 0.412 e. The highest BCUT2D eigenvalue weighted by molar-refractivity contribution is 6.74. The van der Waals surface area contributed by atoms with Gasteiger partial charge in [0.25, 0.3) is 0 Å². The summed E-state index contributed by atoms with van der Waals surface area (Å²) in [6.45, 7) is 11.4. The van der Waals surface area contributed by atoms with Crippen LogP contribution in [0.25, 0.3) is 0 Å². The molecule has 0 aromatic carbocycles. The first kappa shape index (κ1) is 14.9. The summed E-state index contributed by atoms with van der Waals surface area (Å²) in [6.07, 6.45) is 1.62. The van der Waals surface area contributed by atoms with Crippen molar-refractivity contribution in [2.75, 3.05) is 0 Å². The molecule has 0 bridgehead atoms. The van der Waals surface area contributed by atoms with Crippen LogP contribution < -0.4 is 0 Å². The molecule has 0 aliphatic carbocycles. The molecule has 0 saturated heterocycles. The first-order valence-corrected chi connectivity index (χ1v) is 9.11. The van der Waals surface area contributed by atoms with E-state index in [4.69, 9.17) is 27.6 Å². The van der Waals surface area contributed by atoms with Gasteiger partial charge in [-0.2, -0.15) is 0 Å². The Morgan fingerprint density at radius 3 is 2.35 bits per heavy atom. The van der Waals surface area contributed by atoms with Crippen LogP contribution in [0.1, 0.15) is 26.3 Å². The normalized spacial score (nSPS) is 12.9. The number of aromatic nitrogens is 2. The predicted molar refractivity (Wildman–Crippen MR) is 74.0 cm³/mol. The minimum atomic E-state index is -1.77. The highest BCUT2D eigenvalue weighted by atomic mass is 35.5. The van der Waals surface area contributed by atoms with E-state index in [0.29, 0.717) is 11.8 Å². The maximum absolute atomic E-state index is 6.03. The lowest BCUT2D eigenvalue weighted by Crippen LogP contribution is -2.40. The molecule has 96 valence electrons. The first-order chi connectivity index (χ1) is 7.63. The molecular formula is C11H18Cl2N2OSi. The average molecular weight is 293 g/mol. The van der Waals surface area contributed by atoms with E-state index in [1.807, 2.05) is 0 Å². The molecule has 0 fully saturated rings. The SMILES string of the molecule is CC(C)(C)[Si](C)(C)OCc1cnc(Cl)nc1Cl. The molecule has 0 aliphatic rings. The van der Waals surface area contributed by atoms with E-state index >= 15 is 0 Å².